The highest BCUT2D eigenvalue weighted by Gasteiger charge is 2.10. The third kappa shape index (κ3) is 1.54. The highest BCUT2D eigenvalue weighted by atomic mass is 16.5. The maximum atomic E-state index is 11.5. The summed E-state index contributed by atoms with van der Waals surface area (Å²) < 4.78 is 6.25. The Morgan fingerprint density at radius 2 is 2.27 bits per heavy atom. The van der Waals surface area contributed by atoms with Gasteiger partial charge in [0.15, 0.2) is 0 Å². The summed E-state index contributed by atoms with van der Waals surface area (Å²) in [4.78, 5) is 11.5. The normalized spacial score (nSPS) is 10.5. The van der Waals surface area contributed by atoms with Crippen LogP contribution in [0.1, 0.15) is 6.92 Å². The lowest BCUT2D eigenvalue weighted by molar-refractivity contribution is 0.155. The summed E-state index contributed by atoms with van der Waals surface area (Å²) in [5.74, 6) is 0.163. The van der Waals surface area contributed by atoms with E-state index in [1.54, 1.807) is 37.4 Å². The van der Waals surface area contributed by atoms with Crippen molar-refractivity contribution >= 4 is 17.0 Å². The Kier molecular flexibility index (Phi) is 2.33. The van der Waals surface area contributed by atoms with Crippen LogP contribution in [0.3, 0.4) is 0 Å². The van der Waals surface area contributed by atoms with Crippen LogP contribution in [0.25, 0.3) is 10.9 Å². The largest absolute Gasteiger partial charge is 0.507 e. The van der Waals surface area contributed by atoms with Gasteiger partial charge >= 0.3 is 6.09 Å². The first-order valence-electron chi connectivity index (χ1n) is 4.70. The van der Waals surface area contributed by atoms with Crippen molar-refractivity contribution in [1.29, 1.82) is 0 Å². The molecule has 0 bridgehead atoms. The number of rotatable bonds is 1. The summed E-state index contributed by atoms with van der Waals surface area (Å²) in [6.07, 6.45) is 1.15. The van der Waals surface area contributed by atoms with Gasteiger partial charge in [-0.1, -0.05) is 6.07 Å². The molecule has 0 unspecified atom stereocenters. The van der Waals surface area contributed by atoms with E-state index in [1.807, 2.05) is 0 Å². The molecule has 0 amide bonds. The molecule has 0 saturated heterocycles. The molecule has 1 N–H and O–H groups in total. The number of carbonyl (C=O) groups is 1. The number of nitrogens with zero attached hydrogens (tertiary/aromatic N) is 1. The van der Waals surface area contributed by atoms with Crippen LogP contribution in [0.5, 0.6) is 5.75 Å². The fourth-order valence-corrected chi connectivity index (χ4v) is 1.50. The Balaban J connectivity index is 2.54. The van der Waals surface area contributed by atoms with Gasteiger partial charge in [-0.2, -0.15) is 0 Å². The van der Waals surface area contributed by atoms with E-state index in [0.717, 1.165) is 0 Å². The summed E-state index contributed by atoms with van der Waals surface area (Å²) in [7, 11) is 0. The zero-order valence-corrected chi connectivity index (χ0v) is 8.30. The second-order valence-corrected chi connectivity index (χ2v) is 3.09. The van der Waals surface area contributed by atoms with Crippen LogP contribution in [-0.2, 0) is 4.74 Å². The lowest BCUT2D eigenvalue weighted by Crippen LogP contribution is -2.11. The average molecular weight is 205 g/mol. The molecule has 0 aliphatic heterocycles. The maximum absolute atomic E-state index is 11.5. The van der Waals surface area contributed by atoms with Crippen molar-refractivity contribution in [3.63, 3.8) is 0 Å². The van der Waals surface area contributed by atoms with E-state index in [2.05, 4.69) is 0 Å². The van der Waals surface area contributed by atoms with Crippen molar-refractivity contribution in [2.24, 2.45) is 0 Å². The summed E-state index contributed by atoms with van der Waals surface area (Å²) in [5, 5.41) is 10.2. The van der Waals surface area contributed by atoms with Crippen LogP contribution in [0.2, 0.25) is 0 Å². The first-order chi connectivity index (χ1) is 7.24. The van der Waals surface area contributed by atoms with Crippen LogP contribution in [0.4, 0.5) is 4.79 Å². The number of aromatic nitrogens is 1. The zero-order valence-electron chi connectivity index (χ0n) is 8.30. The van der Waals surface area contributed by atoms with Gasteiger partial charge in [-0.25, -0.2) is 4.79 Å². The molecule has 0 spiro atoms. The van der Waals surface area contributed by atoms with Crippen LogP contribution >= 0.6 is 0 Å². The molecular formula is C11H11NO3. The third-order valence-electron chi connectivity index (χ3n) is 2.17. The van der Waals surface area contributed by atoms with Gasteiger partial charge in [-0.05, 0) is 25.1 Å². The smallest absolute Gasteiger partial charge is 0.418 e. The molecule has 0 radical (unpaired) electrons. The molecule has 1 heterocycles. The Hall–Kier alpha value is -1.97. The lowest BCUT2D eigenvalue weighted by Gasteiger charge is -2.03. The molecule has 4 heteroatoms. The van der Waals surface area contributed by atoms with E-state index in [1.165, 1.54) is 4.57 Å². The second kappa shape index (κ2) is 3.65. The minimum Gasteiger partial charge on any atom is -0.507 e. The van der Waals surface area contributed by atoms with E-state index in [9.17, 15) is 9.90 Å². The number of phenolic OH excluding ortho intramolecular Hbond substituents is 1. The number of benzene rings is 1. The van der Waals surface area contributed by atoms with Crippen LogP contribution in [0.15, 0.2) is 30.5 Å². The van der Waals surface area contributed by atoms with E-state index in [-0.39, 0.29) is 5.75 Å². The molecule has 0 atom stereocenters. The maximum Gasteiger partial charge on any atom is 0.418 e. The van der Waals surface area contributed by atoms with Crippen LogP contribution in [0, 0.1) is 0 Å². The van der Waals surface area contributed by atoms with Crippen molar-refractivity contribution < 1.29 is 14.6 Å². The lowest BCUT2D eigenvalue weighted by atomic mass is 10.2. The summed E-state index contributed by atoms with van der Waals surface area (Å²) in [6.45, 7) is 2.08. The van der Waals surface area contributed by atoms with Crippen molar-refractivity contribution in [3.8, 4) is 5.75 Å². The number of ether oxygens (including phenoxy) is 1. The fraction of sp³-hybridized carbons (Fsp3) is 0.182. The molecule has 0 aliphatic rings. The molecule has 15 heavy (non-hydrogen) atoms. The van der Waals surface area contributed by atoms with Crippen molar-refractivity contribution in [3.05, 3.63) is 30.5 Å². The topological polar surface area (TPSA) is 51.5 Å². The number of phenols is 1. The summed E-state index contributed by atoms with van der Waals surface area (Å²) in [5.41, 5.74) is 0.647. The van der Waals surface area contributed by atoms with Gasteiger partial charge in [0.2, 0.25) is 0 Å². The van der Waals surface area contributed by atoms with Crippen molar-refractivity contribution in [2.75, 3.05) is 6.61 Å². The molecule has 0 saturated carbocycles. The number of hydrogen-bond donors (Lipinski definition) is 1. The third-order valence-corrected chi connectivity index (χ3v) is 2.17. The second-order valence-electron chi connectivity index (χ2n) is 3.09. The minimum absolute atomic E-state index is 0.163. The van der Waals surface area contributed by atoms with E-state index in [0.29, 0.717) is 17.5 Å². The molecule has 1 aromatic carbocycles. The Labute approximate surface area is 86.7 Å². The van der Waals surface area contributed by atoms with E-state index >= 15 is 0 Å². The predicted molar refractivity (Wildman–Crippen MR) is 56.0 cm³/mol. The fourth-order valence-electron chi connectivity index (χ4n) is 1.50. The number of hydrogen-bond acceptors (Lipinski definition) is 3. The van der Waals surface area contributed by atoms with Crippen molar-refractivity contribution in [1.82, 2.24) is 4.57 Å². The number of aromatic hydroxyl groups is 1. The Morgan fingerprint density at radius 3 is 3.00 bits per heavy atom. The van der Waals surface area contributed by atoms with Gasteiger partial charge in [-0.3, -0.25) is 4.57 Å². The predicted octanol–water partition coefficient (Wildman–Crippen LogP) is 2.35. The molecule has 2 aromatic rings. The quantitative estimate of drug-likeness (QED) is 0.777. The Bertz CT molecular complexity index is 502. The van der Waals surface area contributed by atoms with Gasteiger partial charge in [0.1, 0.15) is 5.75 Å². The first-order valence-corrected chi connectivity index (χ1v) is 4.70. The molecule has 0 aliphatic carbocycles. The van der Waals surface area contributed by atoms with Crippen LogP contribution < -0.4 is 0 Å². The van der Waals surface area contributed by atoms with E-state index < -0.39 is 6.09 Å². The van der Waals surface area contributed by atoms with E-state index in [4.69, 9.17) is 4.74 Å². The molecular weight excluding hydrogens is 194 g/mol. The number of fused-ring (bicyclic) bond motifs is 1. The Morgan fingerprint density at radius 1 is 1.47 bits per heavy atom. The molecule has 4 nitrogen and oxygen atoms in total. The van der Waals surface area contributed by atoms with Crippen molar-refractivity contribution in [2.45, 2.75) is 6.92 Å². The first kappa shape index (κ1) is 9.58. The van der Waals surface area contributed by atoms with Gasteiger partial charge in [0.05, 0.1) is 12.1 Å². The monoisotopic (exact) mass is 205 g/mol. The highest BCUT2D eigenvalue weighted by Crippen LogP contribution is 2.25. The highest BCUT2D eigenvalue weighted by molar-refractivity contribution is 5.92. The molecule has 2 rings (SSSR count). The van der Waals surface area contributed by atoms with Gasteiger partial charge in [0, 0.05) is 11.6 Å². The van der Waals surface area contributed by atoms with Crippen LogP contribution in [-0.4, -0.2) is 22.4 Å². The average Bonchev–Trinajstić information content (AvgIpc) is 2.63. The SMILES string of the molecule is CCOC(=O)n1ccc2c(O)cccc21. The van der Waals surface area contributed by atoms with Gasteiger partial charge < -0.3 is 9.84 Å². The van der Waals surface area contributed by atoms with Gasteiger partial charge in [0.25, 0.3) is 0 Å². The standard InChI is InChI=1S/C11H11NO3/c1-2-15-11(14)12-7-6-8-9(12)4-3-5-10(8)13/h3-7,13H,2H2,1H3. The van der Waals surface area contributed by atoms with Gasteiger partial charge in [-0.15, -0.1) is 0 Å². The zero-order chi connectivity index (χ0) is 10.8. The molecule has 0 fully saturated rings. The minimum atomic E-state index is -0.432. The molecule has 78 valence electrons. The summed E-state index contributed by atoms with van der Waals surface area (Å²) in [6, 6.07) is 6.71. The number of carbonyl (C=O) groups excluding carboxylic acids is 1. The molecule has 1 aromatic heterocycles. The summed E-state index contributed by atoms with van der Waals surface area (Å²) >= 11 is 0.